The van der Waals surface area contributed by atoms with Crippen LogP contribution in [-0.2, 0) is 31.8 Å². The van der Waals surface area contributed by atoms with Gasteiger partial charge >= 0.3 is 6.18 Å². The van der Waals surface area contributed by atoms with E-state index in [9.17, 15) is 36.7 Å². The molecular weight excluding hydrogens is 795 g/mol. The molecule has 6 rings (SSSR count). The average molecular weight is 838 g/mol. The van der Waals surface area contributed by atoms with E-state index in [0.717, 1.165) is 11.1 Å². The van der Waals surface area contributed by atoms with E-state index < -0.39 is 41.6 Å². The molecule has 1 unspecified atom stereocenters. The van der Waals surface area contributed by atoms with Crippen LogP contribution in [0.25, 0.3) is 0 Å². The molecule has 312 valence electrons. The minimum atomic E-state index is -4.90. The number of nitrogens with zero attached hydrogens (tertiary/aromatic N) is 6. The summed E-state index contributed by atoms with van der Waals surface area (Å²) in [5, 5.41) is 17.4. The van der Waals surface area contributed by atoms with Crippen LogP contribution in [-0.4, -0.2) is 107 Å². The lowest BCUT2D eigenvalue weighted by Gasteiger charge is -2.39. The van der Waals surface area contributed by atoms with Gasteiger partial charge in [-0.3, -0.25) is 43.6 Å². The number of rotatable bonds is 13. The van der Waals surface area contributed by atoms with Gasteiger partial charge in [0.05, 0.1) is 30.7 Å². The zero-order valence-corrected chi connectivity index (χ0v) is 33.4. The number of ether oxygens (including phenoxy) is 1. The second kappa shape index (κ2) is 17.6. The molecule has 3 aromatic rings. The van der Waals surface area contributed by atoms with Crippen LogP contribution in [0.2, 0.25) is 0 Å². The monoisotopic (exact) mass is 837 g/mol. The standard InChI is InChI=1S/C40H43F4N9O5S/c1-24-22-50(13-14-51(24)23-35(55)48-27-6-4-5-26(18-27)47-31-8-10-34(54)49-36(31)56)15-16-58-33-9-7-28(17-25(33)11-12-41)53-38(59)52(37(57)39(53,2)3)29-19-30(40(42,43)44)32(20-45)46-21-29/h4-7,9,17-19,21,24,31,47H,8,10-16,22-23H2,1-3H3,(H,48,55)(H,49,54,56)/t24-,31?/m1/s1. The molecule has 0 saturated carbocycles. The maximum Gasteiger partial charge on any atom is 0.419 e. The van der Waals surface area contributed by atoms with E-state index in [1.165, 1.54) is 11.0 Å². The third-order valence-electron chi connectivity index (χ3n) is 10.5. The van der Waals surface area contributed by atoms with Gasteiger partial charge in [-0.05, 0) is 87.4 Å². The first-order valence-corrected chi connectivity index (χ1v) is 19.3. The zero-order chi connectivity index (χ0) is 42.6. The fourth-order valence-electron chi connectivity index (χ4n) is 7.38. The Bertz CT molecular complexity index is 2180. The number of anilines is 4. The normalized spacial score (nSPS) is 20.0. The molecule has 0 aliphatic carbocycles. The first-order valence-electron chi connectivity index (χ1n) is 18.9. The summed E-state index contributed by atoms with van der Waals surface area (Å²) in [6.45, 7) is 7.46. The van der Waals surface area contributed by atoms with E-state index >= 15 is 0 Å². The minimum absolute atomic E-state index is 0.00519. The Morgan fingerprint density at radius 2 is 1.86 bits per heavy atom. The summed E-state index contributed by atoms with van der Waals surface area (Å²) in [6.07, 6.45) is -3.27. The molecule has 2 aromatic carbocycles. The second-order valence-electron chi connectivity index (χ2n) is 15.0. The Morgan fingerprint density at radius 3 is 2.56 bits per heavy atom. The van der Waals surface area contributed by atoms with Crippen LogP contribution in [0.15, 0.2) is 54.7 Å². The number of carbonyl (C=O) groups is 4. The maximum atomic E-state index is 13.8. The lowest BCUT2D eigenvalue weighted by molar-refractivity contribution is -0.138. The number of benzene rings is 2. The van der Waals surface area contributed by atoms with Crippen molar-refractivity contribution in [2.45, 2.75) is 63.8 Å². The molecule has 3 fully saturated rings. The van der Waals surface area contributed by atoms with Crippen LogP contribution in [0.1, 0.15) is 50.4 Å². The van der Waals surface area contributed by atoms with Crippen molar-refractivity contribution in [2.75, 3.05) is 66.4 Å². The summed E-state index contributed by atoms with van der Waals surface area (Å²) in [5.74, 6) is -1.05. The summed E-state index contributed by atoms with van der Waals surface area (Å²) in [4.78, 5) is 60.6. The molecular formula is C40H43F4N9O5S. The largest absolute Gasteiger partial charge is 0.492 e. The first kappa shape index (κ1) is 42.9. The number of piperazine rings is 1. The summed E-state index contributed by atoms with van der Waals surface area (Å²) < 4.78 is 61.2. The number of nitrogens with one attached hydrogen (secondary N) is 3. The number of piperidine rings is 1. The molecule has 1 aromatic heterocycles. The summed E-state index contributed by atoms with van der Waals surface area (Å²) in [5.41, 5.74) is -1.58. The van der Waals surface area contributed by atoms with Crippen molar-refractivity contribution in [1.82, 2.24) is 20.1 Å². The Kier molecular flexibility index (Phi) is 12.8. The Hall–Kier alpha value is -5.71. The number of carbonyl (C=O) groups excluding carboxylic acids is 4. The van der Waals surface area contributed by atoms with Gasteiger partial charge in [-0.15, -0.1) is 0 Å². The van der Waals surface area contributed by atoms with Crippen molar-refractivity contribution in [3.8, 4) is 11.8 Å². The molecule has 2 atom stereocenters. The van der Waals surface area contributed by atoms with Crippen molar-refractivity contribution < 1.29 is 41.5 Å². The number of hydrogen-bond acceptors (Lipinski definition) is 11. The lowest BCUT2D eigenvalue weighted by Crippen LogP contribution is -2.54. The van der Waals surface area contributed by atoms with Crippen molar-refractivity contribution >= 4 is 63.7 Å². The molecule has 59 heavy (non-hydrogen) atoms. The number of aryl methyl sites for hydroxylation is 1. The van der Waals surface area contributed by atoms with Crippen molar-refractivity contribution in [3.63, 3.8) is 0 Å². The van der Waals surface area contributed by atoms with Gasteiger partial charge in [-0.25, -0.2) is 4.98 Å². The van der Waals surface area contributed by atoms with Gasteiger partial charge in [0.2, 0.25) is 17.7 Å². The molecule has 3 aliphatic rings. The fraction of sp³-hybridized carbons (Fsp3) is 0.425. The number of alkyl halides is 4. The molecule has 4 heterocycles. The number of thiocarbonyl (C=S) groups is 1. The molecule has 3 aliphatic heterocycles. The van der Waals surface area contributed by atoms with E-state index in [-0.39, 0.29) is 60.6 Å². The number of amides is 4. The third kappa shape index (κ3) is 9.61. The van der Waals surface area contributed by atoms with Crippen LogP contribution in [0.3, 0.4) is 0 Å². The van der Waals surface area contributed by atoms with Crippen LogP contribution in [0.4, 0.5) is 40.3 Å². The number of hydrogen-bond donors (Lipinski definition) is 3. The van der Waals surface area contributed by atoms with Crippen molar-refractivity contribution in [1.29, 1.82) is 5.26 Å². The molecule has 19 heteroatoms. The molecule has 3 N–H and O–H groups in total. The smallest absolute Gasteiger partial charge is 0.419 e. The number of pyridine rings is 1. The predicted octanol–water partition coefficient (Wildman–Crippen LogP) is 4.64. The van der Waals surface area contributed by atoms with Gasteiger partial charge in [0.1, 0.15) is 30.0 Å². The van der Waals surface area contributed by atoms with Crippen LogP contribution in [0.5, 0.6) is 5.75 Å². The number of halogens is 4. The van der Waals surface area contributed by atoms with E-state index in [4.69, 9.17) is 22.2 Å². The van der Waals surface area contributed by atoms with E-state index in [1.807, 2.05) is 6.92 Å². The van der Waals surface area contributed by atoms with E-state index in [2.05, 4.69) is 30.7 Å². The van der Waals surface area contributed by atoms with Crippen LogP contribution in [0, 0.1) is 11.3 Å². The topological polar surface area (TPSA) is 163 Å². The highest BCUT2D eigenvalue weighted by Crippen LogP contribution is 2.40. The molecule has 0 radical (unpaired) electrons. The maximum absolute atomic E-state index is 13.8. The average Bonchev–Trinajstić information content (AvgIpc) is 3.35. The first-order chi connectivity index (χ1) is 28.0. The highest BCUT2D eigenvalue weighted by Gasteiger charge is 2.51. The van der Waals surface area contributed by atoms with Crippen LogP contribution >= 0.6 is 12.2 Å². The molecule has 0 bridgehead atoms. The number of imide groups is 1. The van der Waals surface area contributed by atoms with Crippen molar-refractivity contribution in [2.24, 2.45) is 0 Å². The highest BCUT2D eigenvalue weighted by molar-refractivity contribution is 7.81. The Labute approximate surface area is 343 Å². The molecule has 4 amide bonds. The zero-order valence-electron chi connectivity index (χ0n) is 32.6. The Morgan fingerprint density at radius 1 is 1.10 bits per heavy atom. The van der Waals surface area contributed by atoms with Gasteiger partial charge in [-0.2, -0.15) is 18.4 Å². The second-order valence-corrected chi connectivity index (χ2v) is 15.4. The molecule has 0 spiro atoms. The SMILES string of the molecule is C[C@@H]1CN(CCOc2ccc(N3C(=S)N(c4cnc(C#N)c(C(F)(F)F)c4)C(=O)C3(C)C)cc2CCF)CCN1CC(=O)Nc1cccc(NC2CCC(=O)NC2=O)c1. The summed E-state index contributed by atoms with van der Waals surface area (Å²) >= 11 is 5.64. The number of aromatic nitrogens is 1. The van der Waals surface area contributed by atoms with Gasteiger partial charge in [0, 0.05) is 62.1 Å². The highest BCUT2D eigenvalue weighted by atomic mass is 32.1. The predicted molar refractivity (Wildman–Crippen MR) is 215 cm³/mol. The Balaban J connectivity index is 1.03. The van der Waals surface area contributed by atoms with Gasteiger partial charge in [0.15, 0.2) is 10.8 Å². The molecule has 3 saturated heterocycles. The molecule has 14 nitrogen and oxygen atoms in total. The number of nitriles is 1. The quantitative estimate of drug-likeness (QED) is 0.124. The third-order valence-corrected chi connectivity index (χ3v) is 10.8. The van der Waals surface area contributed by atoms with Gasteiger partial charge in [-0.1, -0.05) is 6.07 Å². The minimum Gasteiger partial charge on any atom is -0.492 e. The van der Waals surface area contributed by atoms with E-state index in [0.29, 0.717) is 67.0 Å². The van der Waals surface area contributed by atoms with Crippen LogP contribution < -0.4 is 30.5 Å². The van der Waals surface area contributed by atoms with E-state index in [1.54, 1.807) is 56.3 Å². The lowest BCUT2D eigenvalue weighted by atomic mass is 10.0. The summed E-state index contributed by atoms with van der Waals surface area (Å²) in [6, 6.07) is 13.6. The fourth-order valence-corrected chi connectivity index (χ4v) is 7.90. The van der Waals surface area contributed by atoms with Crippen molar-refractivity contribution in [3.05, 3.63) is 71.5 Å². The van der Waals surface area contributed by atoms with Gasteiger partial charge < -0.3 is 20.3 Å². The van der Waals surface area contributed by atoms with Gasteiger partial charge in [0.25, 0.3) is 5.91 Å². The summed E-state index contributed by atoms with van der Waals surface area (Å²) in [7, 11) is 0.